The Balaban J connectivity index is 1.33. The number of benzene rings is 8. The number of nitrogens with zero attached hydrogens (tertiary/aromatic N) is 3. The van der Waals surface area contributed by atoms with Crippen LogP contribution in [0.1, 0.15) is 24.1 Å². The van der Waals surface area contributed by atoms with E-state index in [2.05, 4.69) is 162 Å². The number of rotatable bonds is 6. The van der Waals surface area contributed by atoms with Crippen LogP contribution in [-0.4, -0.2) is 20.8 Å². The highest BCUT2D eigenvalue weighted by Gasteiger charge is 2.32. The molecule has 0 spiro atoms. The van der Waals surface area contributed by atoms with Crippen molar-refractivity contribution in [3.8, 4) is 16.9 Å². The summed E-state index contributed by atoms with van der Waals surface area (Å²) < 4.78 is 10.4. The van der Waals surface area contributed by atoms with Crippen LogP contribution in [0.3, 0.4) is 0 Å². The summed E-state index contributed by atoms with van der Waals surface area (Å²) in [7, 11) is -1.28. The number of hydrogen-bond donors (Lipinski definition) is 1. The Morgan fingerprint density at radius 3 is 2.03 bits per heavy atom. The average molecular weight is 781 g/mol. The van der Waals surface area contributed by atoms with E-state index in [-0.39, 0.29) is 6.04 Å². The van der Waals surface area contributed by atoms with Crippen molar-refractivity contribution < 1.29 is 9.53 Å². The molecule has 1 N–H and O–H groups in total. The first-order chi connectivity index (χ1) is 29.1. The standard InChI is InChI=1S/C52H37N4O2P/c1-34-41-25-13-15-27-44(41)54-50(53-34)43-31-32-46-49(47(43)37-30-29-35-17-11-12-18-36(35)33-37)48-42-26-14-16-28-45(42)55(52(57)58-38-19-5-2-6-20-38)51(48)56(46)59(39-21-7-3-8-22-39)40-23-9-4-10-24-40/h2-34H,1H3,(H,53,54). The fourth-order valence-corrected chi connectivity index (χ4v) is 11.2. The second-order valence-corrected chi connectivity index (χ2v) is 16.9. The summed E-state index contributed by atoms with van der Waals surface area (Å²) >= 11 is 0. The van der Waals surface area contributed by atoms with Gasteiger partial charge in [-0.3, -0.25) is 4.34 Å². The molecule has 1 unspecified atom stereocenters. The third-order valence-electron chi connectivity index (χ3n) is 11.3. The van der Waals surface area contributed by atoms with E-state index < -0.39 is 14.2 Å². The first-order valence-corrected chi connectivity index (χ1v) is 21.1. The minimum Gasteiger partial charge on any atom is -0.410 e. The van der Waals surface area contributed by atoms with Crippen LogP contribution in [-0.2, 0) is 0 Å². The van der Waals surface area contributed by atoms with Gasteiger partial charge in [-0.15, -0.1) is 0 Å². The molecule has 1 atom stereocenters. The van der Waals surface area contributed by atoms with Crippen molar-refractivity contribution in [3.63, 3.8) is 0 Å². The molecule has 0 aliphatic carbocycles. The number of para-hydroxylation sites is 3. The van der Waals surface area contributed by atoms with Gasteiger partial charge in [0, 0.05) is 37.9 Å². The highest BCUT2D eigenvalue weighted by molar-refractivity contribution is 7.72. The highest BCUT2D eigenvalue weighted by Crippen LogP contribution is 2.51. The van der Waals surface area contributed by atoms with Gasteiger partial charge in [-0.05, 0) is 71.3 Å². The van der Waals surface area contributed by atoms with E-state index in [0.717, 1.165) is 82.6 Å². The lowest BCUT2D eigenvalue weighted by atomic mass is 9.91. The van der Waals surface area contributed by atoms with Gasteiger partial charge in [0.2, 0.25) is 0 Å². The molecule has 0 bridgehead atoms. The molecule has 10 aromatic rings. The van der Waals surface area contributed by atoms with E-state index in [9.17, 15) is 4.79 Å². The molecule has 0 fully saturated rings. The highest BCUT2D eigenvalue weighted by atomic mass is 31.1. The Kier molecular flexibility index (Phi) is 8.46. The van der Waals surface area contributed by atoms with Crippen molar-refractivity contribution in [2.45, 2.75) is 13.0 Å². The van der Waals surface area contributed by atoms with Crippen LogP contribution < -0.4 is 20.7 Å². The quantitative estimate of drug-likeness (QED) is 0.171. The first kappa shape index (κ1) is 34.9. The first-order valence-electron chi connectivity index (χ1n) is 19.8. The summed E-state index contributed by atoms with van der Waals surface area (Å²) in [5, 5.41) is 11.4. The van der Waals surface area contributed by atoms with Crippen LogP contribution >= 0.6 is 8.07 Å². The Morgan fingerprint density at radius 1 is 0.627 bits per heavy atom. The number of aromatic nitrogens is 2. The summed E-state index contributed by atoms with van der Waals surface area (Å²) in [6.07, 6.45) is -0.473. The topological polar surface area (TPSA) is 60.6 Å². The molecule has 3 heterocycles. The number of fused-ring (bicyclic) bond motifs is 7. The summed E-state index contributed by atoms with van der Waals surface area (Å²) in [6, 6.07) is 66.9. The van der Waals surface area contributed by atoms with Gasteiger partial charge in [0.25, 0.3) is 0 Å². The fourth-order valence-electron chi connectivity index (χ4n) is 8.72. The molecule has 11 rings (SSSR count). The van der Waals surface area contributed by atoms with Crippen LogP contribution in [0, 0.1) is 0 Å². The van der Waals surface area contributed by atoms with Crippen LogP contribution in [0.5, 0.6) is 5.75 Å². The van der Waals surface area contributed by atoms with Gasteiger partial charge in [-0.1, -0.05) is 152 Å². The van der Waals surface area contributed by atoms with Gasteiger partial charge in [0.1, 0.15) is 17.2 Å². The van der Waals surface area contributed by atoms with Crippen molar-refractivity contribution in [2.24, 2.45) is 4.99 Å². The van der Waals surface area contributed by atoms with Gasteiger partial charge in [-0.25, -0.2) is 14.4 Å². The lowest BCUT2D eigenvalue weighted by Gasteiger charge is -2.26. The third-order valence-corrected chi connectivity index (χ3v) is 13.7. The molecule has 7 heteroatoms. The predicted molar refractivity (Wildman–Crippen MR) is 244 cm³/mol. The zero-order valence-corrected chi connectivity index (χ0v) is 33.1. The van der Waals surface area contributed by atoms with Crippen LogP contribution in [0.15, 0.2) is 199 Å². The maximum absolute atomic E-state index is 14.9. The maximum Gasteiger partial charge on any atom is 0.425 e. The number of nitrogens with one attached hydrogen (secondary N) is 1. The number of aliphatic imine (C=N–C) groups is 1. The third kappa shape index (κ3) is 5.83. The fraction of sp³-hybridized carbons (Fsp3) is 0.0385. The van der Waals surface area contributed by atoms with E-state index in [4.69, 9.17) is 9.73 Å². The molecular weight excluding hydrogens is 744 g/mol. The van der Waals surface area contributed by atoms with Crippen molar-refractivity contribution in [1.82, 2.24) is 14.2 Å². The van der Waals surface area contributed by atoms with Crippen LogP contribution in [0.4, 0.5) is 10.5 Å². The lowest BCUT2D eigenvalue weighted by molar-refractivity contribution is 0.204. The summed E-state index contributed by atoms with van der Waals surface area (Å²) in [5.41, 5.74) is 7.77. The molecule has 8 aromatic carbocycles. The van der Waals surface area contributed by atoms with Gasteiger partial charge in [0.15, 0.2) is 0 Å². The smallest absolute Gasteiger partial charge is 0.410 e. The second-order valence-electron chi connectivity index (χ2n) is 14.9. The minimum atomic E-state index is -1.28. The van der Waals surface area contributed by atoms with Gasteiger partial charge >= 0.3 is 6.09 Å². The van der Waals surface area contributed by atoms with E-state index in [1.807, 2.05) is 48.5 Å². The molecule has 282 valence electrons. The molecule has 0 saturated carbocycles. The molecule has 1 aliphatic heterocycles. The molecule has 6 nitrogen and oxygen atoms in total. The molecule has 0 saturated heterocycles. The molecule has 0 amide bonds. The van der Waals surface area contributed by atoms with Gasteiger partial charge < -0.3 is 10.1 Å². The number of carbonyl (C=O) groups excluding carboxylic acids is 1. The number of carbonyl (C=O) groups is 1. The Hall–Kier alpha value is -7.27. The molecule has 1 aliphatic rings. The van der Waals surface area contributed by atoms with E-state index in [0.29, 0.717) is 5.75 Å². The van der Waals surface area contributed by atoms with Gasteiger partial charge in [-0.2, -0.15) is 0 Å². The monoisotopic (exact) mass is 780 g/mol. The Bertz CT molecular complexity index is 3220. The summed E-state index contributed by atoms with van der Waals surface area (Å²) in [4.78, 5) is 20.2. The number of hydrogen-bond acceptors (Lipinski definition) is 4. The number of amidine groups is 1. The molecule has 2 aromatic heterocycles. The van der Waals surface area contributed by atoms with Crippen molar-refractivity contribution in [1.29, 1.82) is 0 Å². The molecular formula is C52H37N4O2P. The second kappa shape index (κ2) is 14.3. The summed E-state index contributed by atoms with van der Waals surface area (Å²) in [5.74, 6) is 1.29. The van der Waals surface area contributed by atoms with Crippen molar-refractivity contribution >= 4 is 79.9 Å². The van der Waals surface area contributed by atoms with Crippen LogP contribution in [0.25, 0.3) is 54.7 Å². The van der Waals surface area contributed by atoms with Gasteiger partial charge in [0.05, 0.1) is 30.8 Å². The number of ether oxygens (including phenoxy) is 1. The van der Waals surface area contributed by atoms with Crippen molar-refractivity contribution in [3.05, 3.63) is 205 Å². The largest absolute Gasteiger partial charge is 0.425 e. The normalized spacial score (nSPS) is 13.8. The zero-order chi connectivity index (χ0) is 39.5. The SMILES string of the molecule is CC1NC(c2ccc3c(c2-c2ccc4ccccc4c2)c2c4ccccc4n(C(=O)Oc4ccccc4)c2n3P(c2ccccc2)c2ccccc2)=Nc2ccccc21. The van der Waals surface area contributed by atoms with E-state index in [1.165, 1.54) is 5.39 Å². The summed E-state index contributed by atoms with van der Waals surface area (Å²) in [6.45, 7) is 2.19. The Morgan fingerprint density at radius 2 is 1.27 bits per heavy atom. The Labute approximate surface area is 342 Å². The van der Waals surface area contributed by atoms with E-state index >= 15 is 0 Å². The zero-order valence-electron chi connectivity index (χ0n) is 32.2. The molecule has 0 radical (unpaired) electrons. The maximum atomic E-state index is 14.9. The predicted octanol–water partition coefficient (Wildman–Crippen LogP) is 12.3. The van der Waals surface area contributed by atoms with E-state index in [1.54, 1.807) is 4.57 Å². The van der Waals surface area contributed by atoms with Crippen molar-refractivity contribution in [2.75, 3.05) is 0 Å². The average Bonchev–Trinajstić information content (AvgIpc) is 3.80. The molecule has 59 heavy (non-hydrogen) atoms. The minimum absolute atomic E-state index is 0.0436. The van der Waals surface area contributed by atoms with Crippen LogP contribution in [0.2, 0.25) is 0 Å². The lowest BCUT2D eigenvalue weighted by Crippen LogP contribution is -2.30.